The number of nitrogens with zero attached hydrogens (tertiary/aromatic N) is 9. The number of likely N-dealkylation sites (tertiary alicyclic amines) is 1. The van der Waals surface area contributed by atoms with E-state index >= 15 is 0 Å². The smallest absolute Gasteiger partial charge is 0.243 e. The van der Waals surface area contributed by atoms with Crippen LogP contribution >= 0.6 is 11.3 Å². The molecule has 0 spiro atoms. The molecule has 19 heteroatoms. The van der Waals surface area contributed by atoms with E-state index in [4.69, 9.17) is 19.7 Å². The number of aromatic nitrogens is 5. The number of pyridine rings is 1. The molecule has 2 bridgehead atoms. The molecule has 76 heavy (non-hydrogen) atoms. The van der Waals surface area contributed by atoms with Crippen molar-refractivity contribution in [1.82, 2.24) is 35.5 Å². The fraction of sp³-hybridized carbons (Fsp3) is 0.491. The summed E-state index contributed by atoms with van der Waals surface area (Å²) in [6.45, 7) is 11.0. The first-order chi connectivity index (χ1) is 36.8. The number of benzene rings is 2. The molecule has 4 aliphatic heterocycles. The van der Waals surface area contributed by atoms with Crippen LogP contribution in [0.1, 0.15) is 108 Å². The number of para-hydroxylation sites is 1. The maximum absolute atomic E-state index is 14.4. The third-order valence-electron chi connectivity index (χ3n) is 16.3. The highest BCUT2D eigenvalue weighted by atomic mass is 32.1. The molecule has 6 aromatic rings. The summed E-state index contributed by atoms with van der Waals surface area (Å²) in [4.78, 5) is 46.9. The Kier molecular flexibility index (Phi) is 14.9. The summed E-state index contributed by atoms with van der Waals surface area (Å²) >= 11 is 1.60. The Morgan fingerprint density at radius 3 is 2.28 bits per heavy atom. The number of aliphatic hydroxyl groups excluding tert-OH is 1. The molecule has 4 saturated heterocycles. The number of nitrogen functional groups attached to an aromatic ring is 1. The summed E-state index contributed by atoms with van der Waals surface area (Å²) in [7, 11) is 0. The zero-order chi connectivity index (χ0) is 52.6. The first-order valence-corrected chi connectivity index (χ1v) is 27.9. The van der Waals surface area contributed by atoms with Gasteiger partial charge in [0.25, 0.3) is 0 Å². The van der Waals surface area contributed by atoms with E-state index in [1.54, 1.807) is 23.5 Å². The molecule has 5 aliphatic rings. The van der Waals surface area contributed by atoms with Gasteiger partial charge in [0.2, 0.25) is 17.7 Å². The van der Waals surface area contributed by atoms with Crippen molar-refractivity contribution in [2.75, 3.05) is 53.2 Å². The average Bonchev–Trinajstić information content (AvgIpc) is 4.25. The number of amides is 2. The standard InChI is InChI=1S/C57H69N11O7S/c1-33(2)53(57(72)67-31-41(69)26-48(67)56(71)61-34(3)36-9-11-37(12-10-36)54-35(4)60-32-76-54)50-28-51(64-75-50)65-23-20-44(21-24-65)73-42-15-17-43(18-16-42)74-52-25-38(19-22-59-52)68-39-13-14-40(68)30-66(29-39)47-27-46(62-63-55(47)58)45-7-5-6-8-49(45)70/h5-12,19,22,25,27-28,32-34,39-44,48,53,69-70H,13-18,20-21,23-24,26,29-31H2,1-4H3,(H2,58,63)(H,61,71)/t34-,39?,40?,41+,42-,43+,48-,53-/m0/s1. The predicted molar refractivity (Wildman–Crippen MR) is 291 cm³/mol. The van der Waals surface area contributed by atoms with Gasteiger partial charge in [-0.3, -0.25) is 9.59 Å². The van der Waals surface area contributed by atoms with Gasteiger partial charge in [-0.25, -0.2) is 9.97 Å². The van der Waals surface area contributed by atoms with E-state index in [2.05, 4.69) is 57.5 Å². The Morgan fingerprint density at radius 2 is 1.57 bits per heavy atom. The van der Waals surface area contributed by atoms with Crippen LogP contribution in [-0.4, -0.2) is 128 Å². The molecule has 18 nitrogen and oxygen atoms in total. The lowest BCUT2D eigenvalue weighted by molar-refractivity contribution is -0.141. The van der Waals surface area contributed by atoms with Gasteiger partial charge in [0.1, 0.15) is 23.8 Å². The van der Waals surface area contributed by atoms with Crippen LogP contribution < -0.4 is 30.5 Å². The van der Waals surface area contributed by atoms with E-state index in [0.29, 0.717) is 34.5 Å². The number of nitrogens with two attached hydrogens (primary N) is 1. The highest BCUT2D eigenvalue weighted by Crippen LogP contribution is 2.41. The number of ether oxygens (including phenoxy) is 2. The molecule has 4 aromatic heterocycles. The quantitative estimate of drug-likeness (QED) is 0.0764. The first-order valence-electron chi connectivity index (χ1n) is 27.1. The van der Waals surface area contributed by atoms with E-state index in [1.165, 1.54) is 4.90 Å². The van der Waals surface area contributed by atoms with Gasteiger partial charge >= 0.3 is 0 Å². The molecule has 1 saturated carbocycles. The predicted octanol–water partition coefficient (Wildman–Crippen LogP) is 8.06. The number of phenolic OH excluding ortho intramolecular Hbond substituents is 1. The highest BCUT2D eigenvalue weighted by molar-refractivity contribution is 7.13. The summed E-state index contributed by atoms with van der Waals surface area (Å²) in [5.41, 5.74) is 14.4. The normalized spacial score (nSPS) is 23.8. The van der Waals surface area contributed by atoms with Gasteiger partial charge in [0, 0.05) is 80.8 Å². The number of β-amino-alcohol motifs (C(OH)–C–C–N with tert-alkyl or cyclic N) is 1. The second-order valence-electron chi connectivity index (χ2n) is 21.7. The minimum absolute atomic E-state index is 0.0667. The van der Waals surface area contributed by atoms with Gasteiger partial charge in [-0.1, -0.05) is 55.4 Å². The van der Waals surface area contributed by atoms with Crippen molar-refractivity contribution < 1.29 is 33.8 Å². The van der Waals surface area contributed by atoms with Crippen molar-refractivity contribution >= 4 is 46.2 Å². The Bertz CT molecular complexity index is 2980. The minimum Gasteiger partial charge on any atom is -0.507 e. The lowest BCUT2D eigenvalue weighted by Gasteiger charge is -2.43. The summed E-state index contributed by atoms with van der Waals surface area (Å²) in [6, 6.07) is 22.7. The molecule has 2 amide bonds. The first kappa shape index (κ1) is 51.3. The molecule has 0 radical (unpaired) electrons. The molecular weight excluding hydrogens is 983 g/mol. The number of nitrogens with one attached hydrogen (secondary N) is 1. The van der Waals surface area contributed by atoms with Crippen LogP contribution in [0, 0.1) is 12.8 Å². The molecule has 6 atom stereocenters. The number of carbonyl (C=O) groups excluding carboxylic acids is 2. The molecule has 400 valence electrons. The van der Waals surface area contributed by atoms with Crippen LogP contribution in [0.5, 0.6) is 11.6 Å². The van der Waals surface area contributed by atoms with Crippen LogP contribution in [0.2, 0.25) is 0 Å². The summed E-state index contributed by atoms with van der Waals surface area (Å²) < 4.78 is 19.2. The zero-order valence-electron chi connectivity index (χ0n) is 43.7. The summed E-state index contributed by atoms with van der Waals surface area (Å²) in [5, 5.41) is 37.4. The van der Waals surface area contributed by atoms with Crippen molar-refractivity contribution in [2.24, 2.45) is 5.92 Å². The Balaban J connectivity index is 0.638. The maximum atomic E-state index is 14.4. The molecule has 8 heterocycles. The highest BCUT2D eigenvalue weighted by Gasteiger charge is 2.44. The Labute approximate surface area is 447 Å². The van der Waals surface area contributed by atoms with Crippen LogP contribution in [0.3, 0.4) is 0 Å². The van der Waals surface area contributed by atoms with Crippen molar-refractivity contribution in [3.8, 4) is 33.3 Å². The fourth-order valence-electron chi connectivity index (χ4n) is 12.3. The molecule has 1 aliphatic carbocycles. The van der Waals surface area contributed by atoms with E-state index in [-0.39, 0.29) is 72.9 Å². The van der Waals surface area contributed by atoms with Gasteiger partial charge in [-0.15, -0.1) is 21.5 Å². The fourth-order valence-corrected chi connectivity index (χ4v) is 13.1. The van der Waals surface area contributed by atoms with E-state index < -0.39 is 18.1 Å². The monoisotopic (exact) mass is 1050 g/mol. The SMILES string of the molecule is Cc1ncsc1-c1ccc([C@H](C)NC(=O)[C@@H]2C[C@@H](O)CN2C(=O)[C@H](c2cc(N3CCC(O[C@H]4CC[C@@H](Oc5cc(N6C7CCC6CN(c6cc(-c8ccccc8O)nnc6N)C7)ccn5)CC4)CC3)no2)C(C)C)cc1. The number of thiazole rings is 1. The molecule has 5 fully saturated rings. The number of fused-ring (bicyclic) bond motifs is 2. The third-order valence-corrected chi connectivity index (χ3v) is 17.3. The number of anilines is 4. The number of aromatic hydroxyl groups is 1. The number of phenols is 1. The number of rotatable bonds is 15. The largest absolute Gasteiger partial charge is 0.507 e. The minimum atomic E-state index is -0.814. The maximum Gasteiger partial charge on any atom is 0.243 e. The Hall–Kier alpha value is -6.83. The van der Waals surface area contributed by atoms with E-state index in [0.717, 1.165) is 111 Å². The molecule has 2 aromatic carbocycles. The zero-order valence-corrected chi connectivity index (χ0v) is 44.5. The molecule has 2 unspecified atom stereocenters. The van der Waals surface area contributed by atoms with Crippen LogP contribution in [0.25, 0.3) is 21.7 Å². The average molecular weight is 1050 g/mol. The third kappa shape index (κ3) is 10.8. The topological polar surface area (TPSA) is 222 Å². The second-order valence-corrected chi connectivity index (χ2v) is 22.6. The van der Waals surface area contributed by atoms with Gasteiger partial charge < -0.3 is 54.9 Å². The van der Waals surface area contributed by atoms with E-state index in [9.17, 15) is 19.8 Å². The second kappa shape index (κ2) is 22.0. The molecule has 11 rings (SSSR count). The van der Waals surface area contributed by atoms with Crippen LogP contribution in [0.4, 0.5) is 23.0 Å². The van der Waals surface area contributed by atoms with Crippen molar-refractivity contribution in [3.05, 3.63) is 102 Å². The number of aryl methyl sites for hydroxylation is 1. The lowest BCUT2D eigenvalue weighted by Crippen LogP contribution is -2.54. The number of hydrogen-bond donors (Lipinski definition) is 4. The van der Waals surface area contributed by atoms with Crippen molar-refractivity contribution in [1.29, 1.82) is 0 Å². The number of carbonyl (C=O) groups is 2. The van der Waals surface area contributed by atoms with Crippen molar-refractivity contribution in [3.63, 3.8) is 0 Å². The van der Waals surface area contributed by atoms with Gasteiger partial charge in [-0.05, 0) is 107 Å². The summed E-state index contributed by atoms with van der Waals surface area (Å²) in [5.74, 6) is 0.959. The molecular formula is C57H69N11O7S. The van der Waals surface area contributed by atoms with E-state index in [1.807, 2.05) is 87.9 Å². The number of aliphatic hydroxyl groups is 1. The number of piperazine rings is 1. The molecule has 5 N–H and O–H groups in total. The summed E-state index contributed by atoms with van der Waals surface area (Å²) in [6.07, 6.45) is 9.04. The van der Waals surface area contributed by atoms with Crippen LogP contribution in [-0.2, 0) is 14.3 Å². The van der Waals surface area contributed by atoms with Gasteiger partial charge in [0.05, 0.1) is 51.8 Å². The van der Waals surface area contributed by atoms with Crippen molar-refractivity contribution in [2.45, 2.75) is 140 Å². The van der Waals surface area contributed by atoms with Gasteiger partial charge in [0.15, 0.2) is 17.4 Å². The number of piperidine rings is 1. The van der Waals surface area contributed by atoms with Crippen LogP contribution in [0.15, 0.2) is 89.0 Å². The Morgan fingerprint density at radius 1 is 0.842 bits per heavy atom. The lowest BCUT2D eigenvalue weighted by atomic mass is 9.91. The van der Waals surface area contributed by atoms with Gasteiger partial charge in [-0.2, -0.15) is 0 Å². The number of hydrogen-bond acceptors (Lipinski definition) is 17.